The first-order chi connectivity index (χ1) is 11.1. The summed E-state index contributed by atoms with van der Waals surface area (Å²) >= 11 is 1.66. The second-order valence-corrected chi connectivity index (χ2v) is 7.31. The summed E-state index contributed by atoms with van der Waals surface area (Å²) in [6.07, 6.45) is 2.20. The number of nitrogens with zero attached hydrogens (tertiary/aromatic N) is 2. The Morgan fingerprint density at radius 1 is 1.30 bits per heavy atom. The number of hydrogen-bond donors (Lipinski definition) is 1. The highest BCUT2D eigenvalue weighted by Gasteiger charge is 2.20. The van der Waals surface area contributed by atoms with Gasteiger partial charge in [-0.25, -0.2) is 9.78 Å². The maximum Gasteiger partial charge on any atom is 0.317 e. The summed E-state index contributed by atoms with van der Waals surface area (Å²) in [7, 11) is 0. The van der Waals surface area contributed by atoms with Gasteiger partial charge in [0.15, 0.2) is 0 Å². The van der Waals surface area contributed by atoms with E-state index in [1.54, 1.807) is 11.3 Å². The van der Waals surface area contributed by atoms with Crippen molar-refractivity contribution in [2.75, 3.05) is 13.1 Å². The molecule has 2 heterocycles. The lowest BCUT2D eigenvalue weighted by atomic mass is 10.00. The smallest absolute Gasteiger partial charge is 0.317 e. The van der Waals surface area contributed by atoms with E-state index in [1.807, 2.05) is 30.0 Å². The first-order valence-electron chi connectivity index (χ1n) is 8.18. The zero-order chi connectivity index (χ0) is 16.2. The lowest BCUT2D eigenvalue weighted by Gasteiger charge is -2.30. The molecule has 0 unspecified atom stereocenters. The number of thiazole rings is 1. The number of rotatable bonds is 3. The number of urea groups is 1. The van der Waals surface area contributed by atoms with Crippen LogP contribution in [0.2, 0.25) is 0 Å². The van der Waals surface area contributed by atoms with E-state index in [2.05, 4.69) is 29.4 Å². The zero-order valence-electron chi connectivity index (χ0n) is 13.7. The Hall–Kier alpha value is -1.88. The Morgan fingerprint density at radius 3 is 2.70 bits per heavy atom. The number of hydrogen-bond acceptors (Lipinski definition) is 3. The molecule has 4 nitrogen and oxygen atoms in total. The molecule has 0 bridgehead atoms. The normalized spacial score (nSPS) is 15.7. The molecule has 0 radical (unpaired) electrons. The van der Waals surface area contributed by atoms with Gasteiger partial charge < -0.3 is 10.2 Å². The van der Waals surface area contributed by atoms with Gasteiger partial charge in [0.1, 0.15) is 5.01 Å². The molecule has 1 aromatic carbocycles. The summed E-state index contributed by atoms with van der Waals surface area (Å²) in [4.78, 5) is 20.0. The number of carbonyl (C=O) groups excluding carboxylic acids is 1. The van der Waals surface area contributed by atoms with Crippen molar-refractivity contribution in [1.82, 2.24) is 15.2 Å². The van der Waals surface area contributed by atoms with Crippen LogP contribution in [0.3, 0.4) is 0 Å². The molecule has 122 valence electrons. The van der Waals surface area contributed by atoms with Crippen molar-refractivity contribution in [3.63, 3.8) is 0 Å². The van der Waals surface area contributed by atoms with Gasteiger partial charge in [-0.05, 0) is 25.7 Å². The molecule has 0 aliphatic carbocycles. The molecule has 0 saturated carbocycles. The SMILES string of the molecule is Cc1nc(-c2ccccc2)sc1CNC(=O)N1CCC(C)CC1. The minimum atomic E-state index is 0.0472. The Morgan fingerprint density at radius 2 is 2.00 bits per heavy atom. The predicted molar refractivity (Wildman–Crippen MR) is 94.5 cm³/mol. The molecule has 0 spiro atoms. The highest BCUT2D eigenvalue weighted by Crippen LogP contribution is 2.27. The number of aryl methyl sites for hydroxylation is 1. The van der Waals surface area contributed by atoms with Crippen molar-refractivity contribution >= 4 is 17.4 Å². The van der Waals surface area contributed by atoms with Crippen molar-refractivity contribution < 1.29 is 4.79 Å². The fraction of sp³-hybridized carbons (Fsp3) is 0.444. The molecule has 2 amide bonds. The third-order valence-corrected chi connectivity index (χ3v) is 5.59. The summed E-state index contributed by atoms with van der Waals surface area (Å²) < 4.78 is 0. The molecule has 5 heteroatoms. The van der Waals surface area contributed by atoms with Crippen LogP contribution in [-0.4, -0.2) is 29.0 Å². The van der Waals surface area contributed by atoms with E-state index in [0.29, 0.717) is 6.54 Å². The third kappa shape index (κ3) is 3.91. The van der Waals surface area contributed by atoms with Crippen molar-refractivity contribution in [1.29, 1.82) is 0 Å². The number of piperidine rings is 1. The van der Waals surface area contributed by atoms with Crippen molar-refractivity contribution in [3.05, 3.63) is 40.9 Å². The van der Waals surface area contributed by atoms with Crippen LogP contribution in [0.5, 0.6) is 0 Å². The quantitative estimate of drug-likeness (QED) is 0.923. The number of aromatic nitrogens is 1. The van der Waals surface area contributed by atoms with Crippen LogP contribution >= 0.6 is 11.3 Å². The molecule has 3 rings (SSSR count). The molecule has 1 saturated heterocycles. The van der Waals surface area contributed by atoms with E-state index in [4.69, 9.17) is 0 Å². The lowest BCUT2D eigenvalue weighted by Crippen LogP contribution is -2.43. The molecule has 1 aromatic heterocycles. The fourth-order valence-corrected chi connectivity index (χ4v) is 3.78. The Labute approximate surface area is 141 Å². The minimum absolute atomic E-state index is 0.0472. The second kappa shape index (κ2) is 7.13. The van der Waals surface area contributed by atoms with E-state index in [9.17, 15) is 4.79 Å². The second-order valence-electron chi connectivity index (χ2n) is 6.22. The number of carbonyl (C=O) groups is 1. The zero-order valence-corrected chi connectivity index (χ0v) is 14.5. The van der Waals surface area contributed by atoms with Crippen LogP contribution in [0.1, 0.15) is 30.3 Å². The number of amides is 2. The van der Waals surface area contributed by atoms with Crippen molar-refractivity contribution in [2.24, 2.45) is 5.92 Å². The summed E-state index contributed by atoms with van der Waals surface area (Å²) in [6, 6.07) is 10.2. The van der Waals surface area contributed by atoms with Gasteiger partial charge in [0.05, 0.1) is 12.2 Å². The predicted octanol–water partition coefficient (Wildman–Crippen LogP) is 4.06. The minimum Gasteiger partial charge on any atom is -0.333 e. The monoisotopic (exact) mass is 329 g/mol. The van der Waals surface area contributed by atoms with Gasteiger partial charge in [-0.3, -0.25) is 0 Å². The van der Waals surface area contributed by atoms with E-state index >= 15 is 0 Å². The number of nitrogens with one attached hydrogen (secondary N) is 1. The summed E-state index contributed by atoms with van der Waals surface area (Å²) in [5.41, 5.74) is 2.13. The third-order valence-electron chi connectivity index (χ3n) is 4.38. The first kappa shape index (κ1) is 16.0. The van der Waals surface area contributed by atoms with E-state index in [1.165, 1.54) is 0 Å². The first-order valence-corrected chi connectivity index (χ1v) is 8.99. The average Bonchev–Trinajstić information content (AvgIpc) is 2.95. The summed E-state index contributed by atoms with van der Waals surface area (Å²) in [6.45, 7) is 6.54. The Bertz CT molecular complexity index is 660. The van der Waals surface area contributed by atoms with Gasteiger partial charge in [0, 0.05) is 23.5 Å². The Balaban J connectivity index is 1.60. The van der Waals surface area contributed by atoms with Crippen molar-refractivity contribution in [3.8, 4) is 10.6 Å². The van der Waals surface area contributed by atoms with Crippen LogP contribution in [0.15, 0.2) is 30.3 Å². The number of benzene rings is 1. The van der Waals surface area contributed by atoms with Gasteiger partial charge in [-0.15, -0.1) is 11.3 Å². The highest BCUT2D eigenvalue weighted by atomic mass is 32.1. The molecular formula is C18H23N3OS. The van der Waals surface area contributed by atoms with Gasteiger partial charge in [-0.2, -0.15) is 0 Å². The van der Waals surface area contributed by atoms with Crippen LogP contribution in [0, 0.1) is 12.8 Å². The summed E-state index contributed by atoms with van der Waals surface area (Å²) in [5, 5.41) is 4.06. The number of likely N-dealkylation sites (tertiary alicyclic amines) is 1. The largest absolute Gasteiger partial charge is 0.333 e. The van der Waals surface area contributed by atoms with Crippen LogP contribution in [0.4, 0.5) is 4.79 Å². The van der Waals surface area contributed by atoms with Crippen LogP contribution in [-0.2, 0) is 6.54 Å². The van der Waals surface area contributed by atoms with Crippen LogP contribution < -0.4 is 5.32 Å². The average molecular weight is 329 g/mol. The topological polar surface area (TPSA) is 45.2 Å². The van der Waals surface area contributed by atoms with Gasteiger partial charge in [-0.1, -0.05) is 37.3 Å². The van der Waals surface area contributed by atoms with E-state index in [0.717, 1.165) is 53.0 Å². The van der Waals surface area contributed by atoms with Crippen molar-refractivity contribution in [2.45, 2.75) is 33.2 Å². The summed E-state index contributed by atoms with van der Waals surface area (Å²) in [5.74, 6) is 0.733. The standard InChI is InChI=1S/C18H23N3OS/c1-13-8-10-21(11-9-13)18(22)19-12-16-14(2)20-17(23-16)15-6-4-3-5-7-15/h3-7,13H,8-12H2,1-2H3,(H,19,22). The molecule has 1 fully saturated rings. The molecule has 1 aliphatic heterocycles. The maximum absolute atomic E-state index is 12.3. The maximum atomic E-state index is 12.3. The Kier molecular flexibility index (Phi) is 4.96. The van der Waals surface area contributed by atoms with Gasteiger partial charge in [0.25, 0.3) is 0 Å². The highest BCUT2D eigenvalue weighted by molar-refractivity contribution is 7.15. The molecule has 23 heavy (non-hydrogen) atoms. The van der Waals surface area contributed by atoms with E-state index in [-0.39, 0.29) is 6.03 Å². The molecule has 0 atom stereocenters. The van der Waals surface area contributed by atoms with Crippen LogP contribution in [0.25, 0.3) is 10.6 Å². The molecular weight excluding hydrogens is 306 g/mol. The molecule has 1 N–H and O–H groups in total. The molecule has 1 aliphatic rings. The lowest BCUT2D eigenvalue weighted by molar-refractivity contribution is 0.173. The fourth-order valence-electron chi connectivity index (χ4n) is 2.78. The van der Waals surface area contributed by atoms with Gasteiger partial charge in [0.2, 0.25) is 0 Å². The molecule has 2 aromatic rings. The van der Waals surface area contributed by atoms with Gasteiger partial charge >= 0.3 is 6.03 Å². The van der Waals surface area contributed by atoms with E-state index < -0.39 is 0 Å².